The molecule has 16 heavy (non-hydrogen) atoms. The summed E-state index contributed by atoms with van der Waals surface area (Å²) >= 11 is 1.79. The molecule has 0 radical (unpaired) electrons. The molecule has 0 aromatic carbocycles. The van der Waals surface area contributed by atoms with Crippen LogP contribution in [0, 0.1) is 0 Å². The van der Waals surface area contributed by atoms with Crippen LogP contribution in [0.15, 0.2) is 11.1 Å². The van der Waals surface area contributed by atoms with Gasteiger partial charge in [0.25, 0.3) is 0 Å². The minimum atomic E-state index is 0.554. The van der Waals surface area contributed by atoms with Crippen LogP contribution >= 0.6 is 11.8 Å². The molecule has 3 nitrogen and oxygen atoms in total. The van der Waals surface area contributed by atoms with Crippen LogP contribution in [0.1, 0.15) is 39.9 Å². The topological polar surface area (TPSA) is 37.8 Å². The van der Waals surface area contributed by atoms with E-state index >= 15 is 0 Å². The van der Waals surface area contributed by atoms with Gasteiger partial charge in [0, 0.05) is 24.3 Å². The van der Waals surface area contributed by atoms with E-state index in [1.165, 1.54) is 0 Å². The Morgan fingerprint density at radius 3 is 2.62 bits per heavy atom. The first-order valence-corrected chi connectivity index (χ1v) is 6.82. The van der Waals surface area contributed by atoms with Gasteiger partial charge in [-0.25, -0.2) is 9.97 Å². The van der Waals surface area contributed by atoms with Gasteiger partial charge in [0.15, 0.2) is 0 Å². The number of nitrogens with one attached hydrogen (secondary N) is 1. The maximum atomic E-state index is 4.56. The molecule has 0 atom stereocenters. The summed E-state index contributed by atoms with van der Waals surface area (Å²) in [4.78, 5) is 9.04. The van der Waals surface area contributed by atoms with Crippen molar-refractivity contribution in [1.82, 2.24) is 9.97 Å². The van der Waals surface area contributed by atoms with E-state index < -0.39 is 0 Å². The Morgan fingerprint density at radius 2 is 2.06 bits per heavy atom. The molecule has 1 N–H and O–H groups in total. The molecular weight excluding hydrogens is 218 g/mol. The van der Waals surface area contributed by atoms with E-state index in [9.17, 15) is 0 Å². The fraction of sp³-hybridized carbons (Fsp3) is 0.667. The van der Waals surface area contributed by atoms with Crippen molar-refractivity contribution in [1.29, 1.82) is 0 Å². The van der Waals surface area contributed by atoms with Gasteiger partial charge in [0.1, 0.15) is 16.7 Å². The van der Waals surface area contributed by atoms with Crippen LogP contribution in [-0.2, 0) is 6.42 Å². The molecule has 0 bridgehead atoms. The largest absolute Gasteiger partial charge is 0.370 e. The zero-order valence-corrected chi connectivity index (χ0v) is 11.4. The lowest BCUT2D eigenvalue weighted by Gasteiger charge is -2.09. The Balaban J connectivity index is 2.88. The second-order valence-electron chi connectivity index (χ2n) is 3.95. The van der Waals surface area contributed by atoms with Crippen LogP contribution in [0.4, 0.5) is 5.82 Å². The number of hydrogen-bond donors (Lipinski definition) is 1. The second kappa shape index (κ2) is 6.74. The van der Waals surface area contributed by atoms with Gasteiger partial charge in [-0.3, -0.25) is 0 Å². The number of anilines is 1. The van der Waals surface area contributed by atoms with E-state index in [0.717, 1.165) is 36.1 Å². The molecule has 0 aliphatic heterocycles. The SMILES string of the molecule is CCCc1nc(NCC)cc(SC(C)C)n1. The highest BCUT2D eigenvalue weighted by atomic mass is 32.2. The minimum Gasteiger partial charge on any atom is -0.370 e. The first-order valence-electron chi connectivity index (χ1n) is 5.94. The van der Waals surface area contributed by atoms with E-state index in [-0.39, 0.29) is 0 Å². The average molecular weight is 239 g/mol. The van der Waals surface area contributed by atoms with Gasteiger partial charge in [0.2, 0.25) is 0 Å². The van der Waals surface area contributed by atoms with Crippen molar-refractivity contribution in [2.75, 3.05) is 11.9 Å². The molecule has 1 rings (SSSR count). The van der Waals surface area contributed by atoms with Crippen LogP contribution in [0.5, 0.6) is 0 Å². The Kier molecular flexibility index (Phi) is 5.60. The quantitative estimate of drug-likeness (QED) is 0.610. The molecule has 0 saturated heterocycles. The van der Waals surface area contributed by atoms with Crippen molar-refractivity contribution in [3.05, 3.63) is 11.9 Å². The summed E-state index contributed by atoms with van der Waals surface area (Å²) in [6.07, 6.45) is 2.03. The van der Waals surface area contributed by atoms with Gasteiger partial charge >= 0.3 is 0 Å². The lowest BCUT2D eigenvalue weighted by Crippen LogP contribution is -2.05. The van der Waals surface area contributed by atoms with Gasteiger partial charge in [-0.1, -0.05) is 20.8 Å². The van der Waals surface area contributed by atoms with E-state index in [1.807, 2.05) is 6.07 Å². The molecule has 0 unspecified atom stereocenters. The predicted octanol–water partition coefficient (Wildman–Crippen LogP) is 3.36. The lowest BCUT2D eigenvalue weighted by molar-refractivity contribution is 0.809. The zero-order valence-electron chi connectivity index (χ0n) is 10.6. The molecular formula is C12H21N3S. The Bertz CT molecular complexity index is 302. The number of hydrogen-bond acceptors (Lipinski definition) is 4. The molecule has 0 spiro atoms. The van der Waals surface area contributed by atoms with Crippen molar-refractivity contribution in [3.63, 3.8) is 0 Å². The molecule has 4 heteroatoms. The maximum absolute atomic E-state index is 4.56. The highest BCUT2D eigenvalue weighted by molar-refractivity contribution is 7.99. The summed E-state index contributed by atoms with van der Waals surface area (Å²) in [6, 6.07) is 2.04. The number of aryl methyl sites for hydroxylation is 1. The molecule has 0 amide bonds. The summed E-state index contributed by atoms with van der Waals surface area (Å²) in [5.41, 5.74) is 0. The Hall–Kier alpha value is -0.770. The standard InChI is InChI=1S/C12H21N3S/c1-5-7-10-14-11(13-6-2)8-12(15-10)16-9(3)4/h8-9H,5-7H2,1-4H3,(H,13,14,15). The van der Waals surface area contributed by atoms with Crippen LogP contribution in [0.25, 0.3) is 0 Å². The lowest BCUT2D eigenvalue weighted by atomic mass is 10.3. The first kappa shape index (κ1) is 13.3. The van der Waals surface area contributed by atoms with Gasteiger partial charge in [-0.05, 0) is 13.3 Å². The molecule has 1 aromatic rings. The van der Waals surface area contributed by atoms with E-state index in [0.29, 0.717) is 5.25 Å². The number of rotatable bonds is 6. The molecule has 90 valence electrons. The highest BCUT2D eigenvalue weighted by Gasteiger charge is 2.06. The second-order valence-corrected chi connectivity index (χ2v) is 5.55. The highest BCUT2D eigenvalue weighted by Crippen LogP contribution is 2.23. The summed E-state index contributed by atoms with van der Waals surface area (Å²) in [6.45, 7) is 9.49. The average Bonchev–Trinajstić information content (AvgIpc) is 2.17. The third-order valence-electron chi connectivity index (χ3n) is 1.94. The molecule has 0 saturated carbocycles. The summed E-state index contributed by atoms with van der Waals surface area (Å²) in [5, 5.41) is 4.88. The van der Waals surface area contributed by atoms with Crippen molar-refractivity contribution in [3.8, 4) is 0 Å². The van der Waals surface area contributed by atoms with Crippen molar-refractivity contribution >= 4 is 17.6 Å². The molecule has 0 aliphatic rings. The van der Waals surface area contributed by atoms with Gasteiger partial charge in [0.05, 0.1) is 0 Å². The van der Waals surface area contributed by atoms with Crippen molar-refractivity contribution in [2.24, 2.45) is 0 Å². The normalized spacial score (nSPS) is 10.8. The predicted molar refractivity (Wildman–Crippen MR) is 71.2 cm³/mol. The minimum absolute atomic E-state index is 0.554. The monoisotopic (exact) mass is 239 g/mol. The van der Waals surface area contributed by atoms with E-state index in [2.05, 4.69) is 43.0 Å². The number of aromatic nitrogens is 2. The van der Waals surface area contributed by atoms with Crippen LogP contribution < -0.4 is 5.32 Å². The van der Waals surface area contributed by atoms with Crippen LogP contribution in [0.2, 0.25) is 0 Å². The zero-order chi connectivity index (χ0) is 12.0. The Morgan fingerprint density at radius 1 is 1.31 bits per heavy atom. The summed E-state index contributed by atoms with van der Waals surface area (Å²) < 4.78 is 0. The number of thioether (sulfide) groups is 1. The van der Waals surface area contributed by atoms with Gasteiger partial charge in [-0.2, -0.15) is 0 Å². The van der Waals surface area contributed by atoms with Crippen molar-refractivity contribution in [2.45, 2.75) is 50.8 Å². The van der Waals surface area contributed by atoms with Crippen LogP contribution in [-0.4, -0.2) is 21.8 Å². The molecule has 0 fully saturated rings. The summed E-state index contributed by atoms with van der Waals surface area (Å²) in [5.74, 6) is 1.90. The molecule has 1 heterocycles. The third-order valence-corrected chi connectivity index (χ3v) is 2.86. The fourth-order valence-electron chi connectivity index (χ4n) is 1.38. The fourth-order valence-corrected chi connectivity index (χ4v) is 2.20. The smallest absolute Gasteiger partial charge is 0.132 e. The summed E-state index contributed by atoms with van der Waals surface area (Å²) in [7, 11) is 0. The Labute approximate surface area is 102 Å². The maximum Gasteiger partial charge on any atom is 0.132 e. The van der Waals surface area contributed by atoms with Crippen molar-refractivity contribution < 1.29 is 0 Å². The first-order chi connectivity index (χ1) is 7.65. The van der Waals surface area contributed by atoms with Crippen LogP contribution in [0.3, 0.4) is 0 Å². The van der Waals surface area contributed by atoms with Gasteiger partial charge < -0.3 is 5.32 Å². The van der Waals surface area contributed by atoms with E-state index in [4.69, 9.17) is 0 Å². The molecule has 1 aromatic heterocycles. The van der Waals surface area contributed by atoms with Gasteiger partial charge in [-0.15, -0.1) is 11.8 Å². The number of nitrogens with zero attached hydrogens (tertiary/aromatic N) is 2. The van der Waals surface area contributed by atoms with E-state index in [1.54, 1.807) is 11.8 Å². The third kappa shape index (κ3) is 4.39. The molecule has 0 aliphatic carbocycles.